The van der Waals surface area contributed by atoms with E-state index in [1.807, 2.05) is 61.5 Å². The second-order valence-electron chi connectivity index (χ2n) is 8.10. The number of aryl methyl sites for hydroxylation is 1. The van der Waals surface area contributed by atoms with Crippen molar-refractivity contribution in [2.45, 2.75) is 39.0 Å². The van der Waals surface area contributed by atoms with E-state index in [0.29, 0.717) is 11.8 Å². The number of nitrogens with zero attached hydrogens (tertiary/aromatic N) is 2. The lowest BCUT2D eigenvalue weighted by atomic mass is 9.88. The van der Waals surface area contributed by atoms with Crippen LogP contribution in [0.15, 0.2) is 54.6 Å². The Balaban J connectivity index is 1.39. The summed E-state index contributed by atoms with van der Waals surface area (Å²) in [4.78, 5) is 21.5. The molecule has 0 saturated heterocycles. The van der Waals surface area contributed by atoms with Crippen molar-refractivity contribution in [3.05, 3.63) is 60.3 Å². The molecule has 0 spiro atoms. The van der Waals surface area contributed by atoms with Gasteiger partial charge in [0.25, 0.3) is 0 Å². The van der Waals surface area contributed by atoms with Crippen LogP contribution in [0, 0.1) is 12.8 Å². The van der Waals surface area contributed by atoms with Gasteiger partial charge in [0.15, 0.2) is 0 Å². The summed E-state index contributed by atoms with van der Waals surface area (Å²) in [6.07, 6.45) is 5.51. The third-order valence-electron chi connectivity index (χ3n) is 5.60. The third-order valence-corrected chi connectivity index (χ3v) is 5.60. The molecular formula is C25H29N5O2. The largest absolute Gasteiger partial charge is 0.497 e. The van der Waals surface area contributed by atoms with Crippen LogP contribution in [0.2, 0.25) is 0 Å². The zero-order valence-corrected chi connectivity index (χ0v) is 18.5. The van der Waals surface area contributed by atoms with Crippen LogP contribution in [0.5, 0.6) is 5.75 Å². The maximum atomic E-state index is 12.4. The Morgan fingerprint density at radius 1 is 0.875 bits per heavy atom. The van der Waals surface area contributed by atoms with Crippen molar-refractivity contribution in [3.8, 4) is 5.75 Å². The van der Waals surface area contributed by atoms with E-state index in [1.54, 1.807) is 7.11 Å². The lowest BCUT2D eigenvalue weighted by Crippen LogP contribution is -2.24. The molecule has 32 heavy (non-hydrogen) atoms. The summed E-state index contributed by atoms with van der Waals surface area (Å²) in [6, 6.07) is 17.2. The van der Waals surface area contributed by atoms with Gasteiger partial charge in [-0.15, -0.1) is 0 Å². The zero-order chi connectivity index (χ0) is 22.3. The summed E-state index contributed by atoms with van der Waals surface area (Å²) in [5, 5.41) is 9.57. The lowest BCUT2D eigenvalue weighted by molar-refractivity contribution is -0.120. The number of hydrogen-bond donors (Lipinski definition) is 3. The van der Waals surface area contributed by atoms with Crippen LogP contribution in [-0.2, 0) is 4.79 Å². The molecule has 7 nitrogen and oxygen atoms in total. The molecule has 1 aromatic heterocycles. The standard InChI is InChI=1S/C25H29N5O2/c1-17-16-23(27-19-12-14-22(32-2)15-13-19)30-25(26-17)29-21-10-8-20(9-11-21)28-24(31)18-6-4-3-5-7-18/h8-16,18H,3-7H2,1-2H3,(H,28,31)(H2,26,27,29,30). The van der Waals surface area contributed by atoms with Crippen LogP contribution in [0.4, 0.5) is 28.8 Å². The number of benzene rings is 2. The number of methoxy groups -OCH3 is 1. The Kier molecular flexibility index (Phi) is 6.84. The average molecular weight is 432 g/mol. The molecule has 166 valence electrons. The van der Waals surface area contributed by atoms with Crippen LogP contribution >= 0.6 is 0 Å². The molecule has 0 atom stereocenters. The van der Waals surface area contributed by atoms with Gasteiger partial charge in [-0.2, -0.15) is 4.98 Å². The number of carbonyl (C=O) groups is 1. The molecule has 1 saturated carbocycles. The van der Waals surface area contributed by atoms with Gasteiger partial charge < -0.3 is 20.7 Å². The highest BCUT2D eigenvalue weighted by Gasteiger charge is 2.20. The van der Waals surface area contributed by atoms with Gasteiger partial charge in [0.05, 0.1) is 7.11 Å². The van der Waals surface area contributed by atoms with E-state index in [9.17, 15) is 4.79 Å². The molecule has 1 amide bonds. The van der Waals surface area contributed by atoms with Crippen LogP contribution in [0.3, 0.4) is 0 Å². The molecule has 0 radical (unpaired) electrons. The second-order valence-corrected chi connectivity index (χ2v) is 8.10. The van der Waals surface area contributed by atoms with E-state index in [1.165, 1.54) is 6.42 Å². The summed E-state index contributed by atoms with van der Waals surface area (Å²) in [5.41, 5.74) is 3.41. The van der Waals surface area contributed by atoms with E-state index in [4.69, 9.17) is 4.74 Å². The predicted octanol–water partition coefficient (Wildman–Crippen LogP) is 5.80. The number of rotatable bonds is 7. The molecule has 3 N–H and O–H groups in total. The molecule has 1 aliphatic rings. The van der Waals surface area contributed by atoms with Crippen molar-refractivity contribution in [1.82, 2.24) is 9.97 Å². The average Bonchev–Trinajstić information content (AvgIpc) is 2.81. The number of hydrogen-bond acceptors (Lipinski definition) is 6. The fourth-order valence-electron chi connectivity index (χ4n) is 3.89. The molecule has 0 bridgehead atoms. The van der Waals surface area contributed by atoms with Crippen LogP contribution in [0.1, 0.15) is 37.8 Å². The molecule has 0 unspecified atom stereocenters. The van der Waals surface area contributed by atoms with Crippen LogP contribution < -0.4 is 20.7 Å². The molecule has 7 heteroatoms. The van der Waals surface area contributed by atoms with Crippen molar-refractivity contribution in [1.29, 1.82) is 0 Å². The minimum Gasteiger partial charge on any atom is -0.497 e. The first-order chi connectivity index (χ1) is 15.6. The Bertz CT molecular complexity index is 1040. The predicted molar refractivity (Wildman–Crippen MR) is 128 cm³/mol. The topological polar surface area (TPSA) is 88.2 Å². The molecular weight excluding hydrogens is 402 g/mol. The maximum absolute atomic E-state index is 12.4. The summed E-state index contributed by atoms with van der Waals surface area (Å²) in [5.74, 6) is 2.26. The van der Waals surface area contributed by atoms with E-state index in [2.05, 4.69) is 25.9 Å². The van der Waals surface area contributed by atoms with Gasteiger partial charge in [-0.3, -0.25) is 4.79 Å². The van der Waals surface area contributed by atoms with Gasteiger partial charge in [0.2, 0.25) is 11.9 Å². The van der Waals surface area contributed by atoms with Crippen molar-refractivity contribution >= 4 is 34.7 Å². The van der Waals surface area contributed by atoms with Gasteiger partial charge in [-0.05, 0) is 68.3 Å². The molecule has 3 aromatic rings. The molecule has 1 heterocycles. The minimum absolute atomic E-state index is 0.127. The SMILES string of the molecule is COc1ccc(Nc2cc(C)nc(Nc3ccc(NC(=O)C4CCCCC4)cc3)n2)cc1. The molecule has 2 aromatic carbocycles. The summed E-state index contributed by atoms with van der Waals surface area (Å²) in [6.45, 7) is 1.93. The molecule has 1 fully saturated rings. The normalized spacial score (nSPS) is 13.9. The number of amides is 1. The summed E-state index contributed by atoms with van der Waals surface area (Å²) >= 11 is 0. The van der Waals surface area contributed by atoms with E-state index in [0.717, 1.165) is 54.2 Å². The van der Waals surface area contributed by atoms with Gasteiger partial charge in [-0.1, -0.05) is 19.3 Å². The quantitative estimate of drug-likeness (QED) is 0.438. The Hall–Kier alpha value is -3.61. The summed E-state index contributed by atoms with van der Waals surface area (Å²) in [7, 11) is 1.64. The summed E-state index contributed by atoms with van der Waals surface area (Å²) < 4.78 is 5.20. The second kappa shape index (κ2) is 10.1. The van der Waals surface area contributed by atoms with E-state index in [-0.39, 0.29) is 11.8 Å². The highest BCUT2D eigenvalue weighted by atomic mass is 16.5. The first-order valence-corrected chi connectivity index (χ1v) is 11.0. The fraction of sp³-hybridized carbons (Fsp3) is 0.320. The van der Waals surface area contributed by atoms with Crippen LogP contribution in [0.25, 0.3) is 0 Å². The van der Waals surface area contributed by atoms with E-state index < -0.39 is 0 Å². The highest BCUT2D eigenvalue weighted by molar-refractivity contribution is 5.92. The van der Waals surface area contributed by atoms with Gasteiger partial charge in [-0.25, -0.2) is 4.98 Å². The smallest absolute Gasteiger partial charge is 0.229 e. The first kappa shape index (κ1) is 21.6. The highest BCUT2D eigenvalue weighted by Crippen LogP contribution is 2.26. The van der Waals surface area contributed by atoms with Gasteiger partial charge in [0, 0.05) is 34.7 Å². The molecule has 0 aliphatic heterocycles. The Morgan fingerprint density at radius 2 is 1.50 bits per heavy atom. The number of ether oxygens (including phenoxy) is 1. The number of nitrogens with one attached hydrogen (secondary N) is 3. The maximum Gasteiger partial charge on any atom is 0.229 e. The van der Waals surface area contributed by atoms with Crippen molar-refractivity contribution in [2.75, 3.05) is 23.1 Å². The Morgan fingerprint density at radius 3 is 2.19 bits per heavy atom. The number of carbonyl (C=O) groups excluding carboxylic acids is 1. The zero-order valence-electron chi connectivity index (χ0n) is 18.5. The molecule has 4 rings (SSSR count). The van der Waals surface area contributed by atoms with Gasteiger partial charge in [0.1, 0.15) is 11.6 Å². The van der Waals surface area contributed by atoms with Crippen molar-refractivity contribution < 1.29 is 9.53 Å². The lowest BCUT2D eigenvalue weighted by Gasteiger charge is -2.20. The van der Waals surface area contributed by atoms with E-state index >= 15 is 0 Å². The minimum atomic E-state index is 0.127. The monoisotopic (exact) mass is 431 g/mol. The Labute approximate surface area is 188 Å². The number of anilines is 5. The molecule has 1 aliphatic carbocycles. The number of aromatic nitrogens is 2. The van der Waals surface area contributed by atoms with Gasteiger partial charge >= 0.3 is 0 Å². The van der Waals surface area contributed by atoms with Crippen molar-refractivity contribution in [2.24, 2.45) is 5.92 Å². The third kappa shape index (κ3) is 5.75. The fourth-order valence-corrected chi connectivity index (χ4v) is 3.89. The van der Waals surface area contributed by atoms with Crippen molar-refractivity contribution in [3.63, 3.8) is 0 Å². The first-order valence-electron chi connectivity index (χ1n) is 11.0. The van der Waals surface area contributed by atoms with Crippen LogP contribution in [-0.4, -0.2) is 23.0 Å².